The fraction of sp³-hybridized carbons (Fsp3) is 0.906. The summed E-state index contributed by atoms with van der Waals surface area (Å²) in [5.41, 5.74) is 4.22. The molecule has 19 heteroatoms. The Balaban J connectivity index is 1.08. The minimum absolute atomic E-state index is 0.0320. The van der Waals surface area contributed by atoms with Crippen LogP contribution in [0.5, 0.6) is 0 Å². The summed E-state index contributed by atoms with van der Waals surface area (Å²) in [6.45, 7) is 14.4. The zero-order valence-electron chi connectivity index (χ0n) is 43.4. The smallest absolute Gasteiger partial charge is 0.315 e. The number of aliphatic hydroxyl groups is 8. The van der Waals surface area contributed by atoms with Gasteiger partial charge in [-0.25, -0.2) is 0 Å². The number of fused-ring (bicyclic) bond motifs is 7. The van der Waals surface area contributed by atoms with Crippen LogP contribution in [0.1, 0.15) is 138 Å². The highest BCUT2D eigenvalue weighted by Crippen LogP contribution is 2.76. The second kappa shape index (κ2) is 21.0. The molecule has 0 spiro atoms. The van der Waals surface area contributed by atoms with E-state index >= 15 is 4.79 Å². The molecule has 72 heavy (non-hydrogen) atoms. The molecule has 4 saturated carbocycles. The van der Waals surface area contributed by atoms with Crippen LogP contribution in [-0.2, 0) is 42.8 Å². The number of nitrogens with two attached hydrogens (primary N) is 1. The molecule has 13 unspecified atom stereocenters. The lowest BCUT2D eigenvalue weighted by atomic mass is 9.33. The fourth-order valence-electron chi connectivity index (χ4n) is 15.6. The van der Waals surface area contributed by atoms with Gasteiger partial charge in [0.15, 0.2) is 18.7 Å². The highest BCUT2D eigenvalue weighted by Gasteiger charge is 2.70. The maximum atomic E-state index is 15.5. The van der Waals surface area contributed by atoms with Crippen molar-refractivity contribution < 1.29 is 83.7 Å². The normalized spacial score (nSPS) is 50.0. The lowest BCUT2D eigenvalue weighted by Gasteiger charge is -2.71. The number of allylic oxidation sites excluding steroid dienone is 2. The number of aliphatic hydroxyl groups excluding tert-OH is 8. The van der Waals surface area contributed by atoms with E-state index in [1.807, 2.05) is 6.92 Å². The van der Waals surface area contributed by atoms with Gasteiger partial charge in [0, 0.05) is 6.42 Å². The average molecular weight is 1020 g/mol. The van der Waals surface area contributed by atoms with Crippen LogP contribution in [0.4, 0.5) is 0 Å². The zero-order chi connectivity index (χ0) is 52.5. The molecular formula is C53H86N2O17. The SMILES string of the molecule is C[C@H]1O[C@@H](OC2C(O)C(NC(=O)CCCCCN)[C@H](CO)O[C@H]2OC(=O)C23CCC(C)(C)CC2C2=CCC4C5(C)CC[C@H](O)[C@](C)(C=O)[C@@H]5CC[C@]4(C)[C@]2(C)CC3)C(O)C(O)C1O[C@@H]1OCC(O)C(O)C1O. The third-order valence-corrected chi connectivity index (χ3v) is 20.3. The molecule has 1 amide bonds. The summed E-state index contributed by atoms with van der Waals surface area (Å²) in [6, 6.07) is -1.28. The van der Waals surface area contributed by atoms with Crippen LogP contribution in [0.25, 0.3) is 0 Å². The number of hydrogen-bond donors (Lipinski definition) is 10. The van der Waals surface area contributed by atoms with Gasteiger partial charge in [-0.15, -0.1) is 0 Å². The number of esters is 1. The third-order valence-electron chi connectivity index (χ3n) is 20.3. The van der Waals surface area contributed by atoms with Crippen LogP contribution in [0.2, 0.25) is 0 Å². The van der Waals surface area contributed by atoms with Gasteiger partial charge in [-0.05, 0) is 130 Å². The maximum absolute atomic E-state index is 15.5. The van der Waals surface area contributed by atoms with Crippen molar-refractivity contribution in [3.8, 4) is 0 Å². The topological polar surface area (TPSA) is 306 Å². The van der Waals surface area contributed by atoms with Crippen molar-refractivity contribution in [2.75, 3.05) is 19.8 Å². The molecule has 8 aliphatic rings. The summed E-state index contributed by atoms with van der Waals surface area (Å²) in [6.07, 6.45) is -8.70. The molecule has 410 valence electrons. The minimum Gasteiger partial charge on any atom is -0.432 e. The fourth-order valence-corrected chi connectivity index (χ4v) is 15.6. The van der Waals surface area contributed by atoms with Gasteiger partial charge in [0.25, 0.3) is 0 Å². The van der Waals surface area contributed by atoms with Crippen LogP contribution in [0.15, 0.2) is 11.6 Å². The van der Waals surface area contributed by atoms with E-state index < -0.39 is 121 Å². The molecule has 0 bridgehead atoms. The Kier molecular flexibility index (Phi) is 16.3. The molecule has 23 atom stereocenters. The predicted molar refractivity (Wildman–Crippen MR) is 257 cm³/mol. The van der Waals surface area contributed by atoms with E-state index in [0.29, 0.717) is 57.9 Å². The van der Waals surface area contributed by atoms with Gasteiger partial charge in [0.2, 0.25) is 12.2 Å². The van der Waals surface area contributed by atoms with E-state index in [1.165, 1.54) is 12.5 Å². The van der Waals surface area contributed by atoms with Gasteiger partial charge in [0.1, 0.15) is 55.1 Å². The van der Waals surface area contributed by atoms with E-state index in [9.17, 15) is 50.4 Å². The largest absolute Gasteiger partial charge is 0.432 e. The van der Waals surface area contributed by atoms with Crippen molar-refractivity contribution in [2.45, 2.75) is 230 Å². The summed E-state index contributed by atoms with van der Waals surface area (Å²) in [5, 5.41) is 90.8. The minimum atomic E-state index is -1.89. The number of nitrogens with one attached hydrogen (secondary N) is 1. The summed E-state index contributed by atoms with van der Waals surface area (Å²) < 4.78 is 36.5. The first-order chi connectivity index (χ1) is 33.9. The van der Waals surface area contributed by atoms with Crippen molar-refractivity contribution in [1.82, 2.24) is 5.32 Å². The second-order valence-electron chi connectivity index (χ2n) is 24.9. The van der Waals surface area contributed by atoms with Crippen LogP contribution < -0.4 is 11.1 Å². The molecule has 0 radical (unpaired) electrons. The first-order valence-electron chi connectivity index (χ1n) is 26.8. The van der Waals surface area contributed by atoms with Crippen LogP contribution >= 0.6 is 0 Å². The summed E-state index contributed by atoms with van der Waals surface area (Å²) in [7, 11) is 0. The van der Waals surface area contributed by atoms with Gasteiger partial charge < -0.3 is 85.1 Å². The van der Waals surface area contributed by atoms with Crippen LogP contribution in [-0.4, -0.2) is 171 Å². The molecule has 3 aliphatic heterocycles. The Morgan fingerprint density at radius 1 is 0.792 bits per heavy atom. The van der Waals surface area contributed by atoms with Gasteiger partial charge in [-0.3, -0.25) is 9.59 Å². The first kappa shape index (κ1) is 56.0. The number of unbranched alkanes of at least 4 members (excludes halogenated alkanes) is 2. The summed E-state index contributed by atoms with van der Waals surface area (Å²) in [4.78, 5) is 41.6. The van der Waals surface area contributed by atoms with E-state index in [4.69, 9.17) is 34.2 Å². The first-order valence-corrected chi connectivity index (χ1v) is 26.8. The number of amides is 1. The number of rotatable bonds is 14. The third kappa shape index (κ3) is 9.46. The van der Waals surface area contributed by atoms with Crippen molar-refractivity contribution in [3.05, 3.63) is 11.6 Å². The molecule has 19 nitrogen and oxygen atoms in total. The average Bonchev–Trinajstić information content (AvgIpc) is 3.33. The molecule has 3 heterocycles. The summed E-state index contributed by atoms with van der Waals surface area (Å²) in [5.74, 6) is -0.967. The van der Waals surface area contributed by atoms with E-state index in [1.54, 1.807) is 0 Å². The monoisotopic (exact) mass is 1020 g/mol. The van der Waals surface area contributed by atoms with Crippen LogP contribution in [0.3, 0.4) is 0 Å². The van der Waals surface area contributed by atoms with Crippen molar-refractivity contribution in [1.29, 1.82) is 0 Å². The molecule has 0 aromatic rings. The number of carbonyl (C=O) groups excluding carboxylic acids is 3. The molecule has 11 N–H and O–H groups in total. The second-order valence-corrected chi connectivity index (χ2v) is 24.9. The number of aldehydes is 1. The Hall–Kier alpha value is -2.21. The number of hydrogen-bond acceptors (Lipinski definition) is 18. The van der Waals surface area contributed by atoms with E-state index in [2.05, 4.69) is 46.0 Å². The molecule has 5 aliphatic carbocycles. The van der Waals surface area contributed by atoms with Gasteiger partial charge >= 0.3 is 5.97 Å². The standard InChI is InChI=1S/C53H86N2O17/c1-27-42(70-44-40(64)37(61)30(58)25-67-44)39(63)41(65)45(68-27)71-43-38(62)36(55-35(60)11-9-8-10-22-54)31(24-56)69-46(43)72-47(66)53-20-18-48(2,3)23-29(53)28-12-13-33-49(4)16-15-34(59)50(5,26-57)32(49)14-17-52(33,7)51(28,6)19-21-53/h12,26-27,29-34,36-46,56,58-59,61-65H,8-11,13-25,54H2,1-7H3,(H,55,60)/t27-,29?,30?,31+,32-,33?,34+,36?,37?,38?,39?,40?,41?,42?,43?,44+,45+,46+,49?,50-,51-,52+,53?/m1/s1. The molecular weight excluding hydrogens is 937 g/mol. The number of carbonyl (C=O) groups is 3. The Morgan fingerprint density at radius 3 is 2.18 bits per heavy atom. The van der Waals surface area contributed by atoms with E-state index in [-0.39, 0.29) is 52.4 Å². The van der Waals surface area contributed by atoms with Crippen LogP contribution in [0, 0.1) is 50.2 Å². The molecule has 0 aromatic carbocycles. The zero-order valence-corrected chi connectivity index (χ0v) is 43.4. The quantitative estimate of drug-likeness (QED) is 0.0512. The molecule has 0 aromatic heterocycles. The molecule has 7 fully saturated rings. The van der Waals surface area contributed by atoms with Crippen molar-refractivity contribution in [3.63, 3.8) is 0 Å². The van der Waals surface area contributed by atoms with Crippen molar-refractivity contribution in [2.24, 2.45) is 56.0 Å². The highest BCUT2D eigenvalue weighted by atomic mass is 16.8. The Morgan fingerprint density at radius 2 is 1.49 bits per heavy atom. The lowest BCUT2D eigenvalue weighted by molar-refractivity contribution is -0.369. The summed E-state index contributed by atoms with van der Waals surface area (Å²) >= 11 is 0. The van der Waals surface area contributed by atoms with E-state index in [0.717, 1.165) is 38.4 Å². The van der Waals surface area contributed by atoms with Gasteiger partial charge in [-0.1, -0.05) is 59.6 Å². The van der Waals surface area contributed by atoms with Gasteiger partial charge in [0.05, 0.1) is 42.3 Å². The molecule has 3 saturated heterocycles. The Bertz CT molecular complexity index is 1990. The highest BCUT2D eigenvalue weighted by molar-refractivity contribution is 5.79. The number of ether oxygens (including phenoxy) is 6. The predicted octanol–water partition coefficient (Wildman–Crippen LogP) is 1.63. The molecule has 8 rings (SSSR count). The van der Waals surface area contributed by atoms with Crippen molar-refractivity contribution >= 4 is 18.2 Å². The van der Waals surface area contributed by atoms with Gasteiger partial charge in [-0.2, -0.15) is 0 Å². The lowest BCUT2D eigenvalue weighted by Crippen LogP contribution is -2.68. The maximum Gasteiger partial charge on any atom is 0.315 e. The Labute approximate surface area is 423 Å².